The highest BCUT2D eigenvalue weighted by molar-refractivity contribution is 6.42. The SMILES string of the molecule is CCCCCCCCCCC(N)c1ccc(Cl)c(Cl)c1. The van der Waals surface area contributed by atoms with Crippen LogP contribution in [-0.4, -0.2) is 0 Å². The molecule has 0 saturated heterocycles. The second kappa shape index (κ2) is 10.5. The monoisotopic (exact) mass is 315 g/mol. The number of nitrogens with two attached hydrogens (primary N) is 1. The molecular formula is C17H27Cl2N. The maximum atomic E-state index is 6.19. The summed E-state index contributed by atoms with van der Waals surface area (Å²) in [6.07, 6.45) is 11.6. The van der Waals surface area contributed by atoms with Gasteiger partial charge in [0.25, 0.3) is 0 Å². The topological polar surface area (TPSA) is 26.0 Å². The first-order valence-corrected chi connectivity index (χ1v) is 8.61. The molecule has 0 radical (unpaired) electrons. The number of hydrogen-bond donors (Lipinski definition) is 1. The van der Waals surface area contributed by atoms with Crippen molar-refractivity contribution in [2.45, 2.75) is 70.8 Å². The van der Waals surface area contributed by atoms with Crippen molar-refractivity contribution in [3.8, 4) is 0 Å². The Morgan fingerprint density at radius 3 is 2.10 bits per heavy atom. The first-order chi connectivity index (χ1) is 9.65. The minimum Gasteiger partial charge on any atom is -0.324 e. The number of hydrogen-bond acceptors (Lipinski definition) is 1. The third-order valence-electron chi connectivity index (χ3n) is 3.74. The van der Waals surface area contributed by atoms with Crippen LogP contribution in [-0.2, 0) is 0 Å². The van der Waals surface area contributed by atoms with Gasteiger partial charge >= 0.3 is 0 Å². The molecule has 0 amide bonds. The van der Waals surface area contributed by atoms with E-state index in [0.717, 1.165) is 12.0 Å². The van der Waals surface area contributed by atoms with Gasteiger partial charge in [-0.2, -0.15) is 0 Å². The molecule has 0 aliphatic carbocycles. The van der Waals surface area contributed by atoms with E-state index in [1.165, 1.54) is 51.4 Å². The molecule has 3 heteroatoms. The molecule has 20 heavy (non-hydrogen) atoms. The van der Waals surface area contributed by atoms with Gasteiger partial charge in [0, 0.05) is 6.04 Å². The Bertz CT molecular complexity index is 379. The van der Waals surface area contributed by atoms with Gasteiger partial charge in [0.1, 0.15) is 0 Å². The lowest BCUT2D eigenvalue weighted by molar-refractivity contribution is 0.536. The highest BCUT2D eigenvalue weighted by atomic mass is 35.5. The van der Waals surface area contributed by atoms with Crippen LogP contribution < -0.4 is 5.73 Å². The van der Waals surface area contributed by atoms with Gasteiger partial charge in [-0.05, 0) is 24.1 Å². The van der Waals surface area contributed by atoms with E-state index >= 15 is 0 Å². The maximum Gasteiger partial charge on any atom is 0.0595 e. The molecule has 0 saturated carbocycles. The smallest absolute Gasteiger partial charge is 0.0595 e. The molecule has 1 atom stereocenters. The van der Waals surface area contributed by atoms with Gasteiger partial charge in [0.2, 0.25) is 0 Å². The van der Waals surface area contributed by atoms with E-state index in [1.807, 2.05) is 18.2 Å². The summed E-state index contributed by atoms with van der Waals surface area (Å²) in [5.41, 5.74) is 7.28. The Kier molecular flexibility index (Phi) is 9.33. The summed E-state index contributed by atoms with van der Waals surface area (Å²) in [6.45, 7) is 2.25. The summed E-state index contributed by atoms with van der Waals surface area (Å²) >= 11 is 11.9. The summed E-state index contributed by atoms with van der Waals surface area (Å²) in [5, 5.41) is 1.19. The number of rotatable bonds is 10. The van der Waals surface area contributed by atoms with Crippen LogP contribution in [0.5, 0.6) is 0 Å². The molecule has 114 valence electrons. The van der Waals surface area contributed by atoms with Crippen LogP contribution in [0, 0.1) is 0 Å². The molecule has 1 nitrogen and oxygen atoms in total. The normalized spacial score (nSPS) is 12.6. The summed E-state index contributed by atoms with van der Waals surface area (Å²) in [5.74, 6) is 0. The molecule has 2 N–H and O–H groups in total. The fourth-order valence-corrected chi connectivity index (χ4v) is 2.71. The summed E-state index contributed by atoms with van der Waals surface area (Å²) in [6, 6.07) is 5.76. The zero-order valence-electron chi connectivity index (χ0n) is 12.5. The van der Waals surface area contributed by atoms with Gasteiger partial charge in [0.05, 0.1) is 10.0 Å². The first kappa shape index (κ1) is 17.8. The van der Waals surface area contributed by atoms with Crippen molar-refractivity contribution in [3.05, 3.63) is 33.8 Å². The van der Waals surface area contributed by atoms with Crippen molar-refractivity contribution in [1.29, 1.82) is 0 Å². The van der Waals surface area contributed by atoms with Crippen LogP contribution in [0.2, 0.25) is 10.0 Å². The van der Waals surface area contributed by atoms with Crippen molar-refractivity contribution >= 4 is 23.2 Å². The lowest BCUT2D eigenvalue weighted by Crippen LogP contribution is -2.10. The van der Waals surface area contributed by atoms with Crippen LogP contribution in [0.3, 0.4) is 0 Å². The van der Waals surface area contributed by atoms with E-state index in [4.69, 9.17) is 28.9 Å². The molecule has 0 aliphatic heterocycles. The molecule has 1 aromatic carbocycles. The predicted molar refractivity (Wildman–Crippen MR) is 90.6 cm³/mol. The fourth-order valence-electron chi connectivity index (χ4n) is 2.41. The quantitative estimate of drug-likeness (QED) is 0.488. The molecule has 0 fully saturated rings. The fraction of sp³-hybridized carbons (Fsp3) is 0.647. The summed E-state index contributed by atoms with van der Waals surface area (Å²) < 4.78 is 0. The Balaban J connectivity index is 2.13. The van der Waals surface area contributed by atoms with E-state index in [1.54, 1.807) is 0 Å². The van der Waals surface area contributed by atoms with Crippen molar-refractivity contribution in [2.75, 3.05) is 0 Å². The number of benzene rings is 1. The average Bonchev–Trinajstić information content (AvgIpc) is 2.44. The minimum atomic E-state index is 0.0739. The van der Waals surface area contributed by atoms with Gasteiger partial charge in [-0.1, -0.05) is 87.6 Å². The largest absolute Gasteiger partial charge is 0.324 e. The number of halogens is 2. The second-order valence-electron chi connectivity index (χ2n) is 5.54. The molecule has 1 rings (SSSR count). The Morgan fingerprint density at radius 2 is 1.50 bits per heavy atom. The van der Waals surface area contributed by atoms with Crippen molar-refractivity contribution in [1.82, 2.24) is 0 Å². The van der Waals surface area contributed by atoms with Gasteiger partial charge in [-0.25, -0.2) is 0 Å². The van der Waals surface area contributed by atoms with Crippen LogP contribution in [0.25, 0.3) is 0 Å². The summed E-state index contributed by atoms with van der Waals surface area (Å²) in [4.78, 5) is 0. The van der Waals surface area contributed by atoms with Crippen LogP contribution in [0.4, 0.5) is 0 Å². The molecule has 0 aromatic heterocycles. The third kappa shape index (κ3) is 6.97. The van der Waals surface area contributed by atoms with E-state index < -0.39 is 0 Å². The van der Waals surface area contributed by atoms with Crippen molar-refractivity contribution in [3.63, 3.8) is 0 Å². The van der Waals surface area contributed by atoms with Crippen LogP contribution in [0.15, 0.2) is 18.2 Å². The summed E-state index contributed by atoms with van der Waals surface area (Å²) in [7, 11) is 0. The van der Waals surface area contributed by atoms with Gasteiger partial charge < -0.3 is 5.73 Å². The Labute approximate surface area is 133 Å². The zero-order valence-corrected chi connectivity index (χ0v) is 14.0. The highest BCUT2D eigenvalue weighted by Crippen LogP contribution is 2.26. The van der Waals surface area contributed by atoms with Crippen molar-refractivity contribution < 1.29 is 0 Å². The van der Waals surface area contributed by atoms with Gasteiger partial charge in [-0.3, -0.25) is 0 Å². The lowest BCUT2D eigenvalue weighted by Gasteiger charge is -2.12. The van der Waals surface area contributed by atoms with Gasteiger partial charge in [-0.15, -0.1) is 0 Å². The first-order valence-electron chi connectivity index (χ1n) is 7.85. The molecule has 0 heterocycles. The average molecular weight is 316 g/mol. The highest BCUT2D eigenvalue weighted by Gasteiger charge is 2.07. The van der Waals surface area contributed by atoms with Gasteiger partial charge in [0.15, 0.2) is 0 Å². The third-order valence-corrected chi connectivity index (χ3v) is 4.48. The molecular weight excluding hydrogens is 289 g/mol. The second-order valence-corrected chi connectivity index (χ2v) is 6.36. The molecule has 0 spiro atoms. The lowest BCUT2D eigenvalue weighted by atomic mass is 10.0. The predicted octanol–water partition coefficient (Wildman–Crippen LogP) is 6.52. The Hall–Kier alpha value is -0.240. The van der Waals surface area contributed by atoms with E-state index in [2.05, 4.69) is 6.92 Å². The minimum absolute atomic E-state index is 0.0739. The molecule has 0 aliphatic rings. The van der Waals surface area contributed by atoms with E-state index in [9.17, 15) is 0 Å². The molecule has 0 bridgehead atoms. The standard InChI is InChI=1S/C17H27Cl2N/c1-2-3-4-5-6-7-8-9-10-17(20)14-11-12-15(18)16(19)13-14/h11-13,17H,2-10,20H2,1H3. The molecule has 1 unspecified atom stereocenters. The van der Waals surface area contributed by atoms with Crippen LogP contribution in [0.1, 0.15) is 76.3 Å². The van der Waals surface area contributed by atoms with Crippen LogP contribution >= 0.6 is 23.2 Å². The maximum absolute atomic E-state index is 6.19. The Morgan fingerprint density at radius 1 is 0.900 bits per heavy atom. The van der Waals surface area contributed by atoms with E-state index in [-0.39, 0.29) is 6.04 Å². The number of unbranched alkanes of at least 4 members (excludes halogenated alkanes) is 7. The van der Waals surface area contributed by atoms with Crippen molar-refractivity contribution in [2.24, 2.45) is 5.73 Å². The molecule has 1 aromatic rings. The zero-order chi connectivity index (χ0) is 14.8. The van der Waals surface area contributed by atoms with E-state index in [0.29, 0.717) is 10.0 Å².